The van der Waals surface area contributed by atoms with E-state index in [0.717, 1.165) is 36.8 Å². The van der Waals surface area contributed by atoms with Gasteiger partial charge in [0.25, 0.3) is 0 Å². The molecule has 0 aromatic heterocycles. The van der Waals surface area contributed by atoms with Crippen LogP contribution in [0.1, 0.15) is 87.8 Å². The molecule has 154 valence electrons. The summed E-state index contributed by atoms with van der Waals surface area (Å²) < 4.78 is 0. The molecule has 2 N–H and O–H groups in total. The maximum absolute atomic E-state index is 10.3. The van der Waals surface area contributed by atoms with Gasteiger partial charge in [0.05, 0.1) is 0 Å². The normalized spacial score (nSPS) is 12.4. The van der Waals surface area contributed by atoms with Crippen molar-refractivity contribution in [3.05, 3.63) is 57.6 Å². The van der Waals surface area contributed by atoms with Gasteiger partial charge < -0.3 is 10.2 Å². The van der Waals surface area contributed by atoms with Crippen molar-refractivity contribution < 1.29 is 10.2 Å². The Balaban J connectivity index is 2.09. The third-order valence-electron chi connectivity index (χ3n) is 5.75. The van der Waals surface area contributed by atoms with Gasteiger partial charge in [-0.1, -0.05) is 53.7 Å². The first-order valence-corrected chi connectivity index (χ1v) is 10.5. The number of benzene rings is 2. The van der Waals surface area contributed by atoms with Gasteiger partial charge in [-0.25, -0.2) is 0 Å². The summed E-state index contributed by atoms with van der Waals surface area (Å²) in [5.41, 5.74) is 7.13. The van der Waals surface area contributed by atoms with Crippen molar-refractivity contribution in [3.63, 3.8) is 0 Å². The van der Waals surface area contributed by atoms with E-state index in [-0.39, 0.29) is 10.8 Å². The Morgan fingerprint density at radius 2 is 0.929 bits per heavy atom. The monoisotopic (exact) mass is 382 g/mol. The largest absolute Gasteiger partial charge is 0.508 e. The number of aromatic hydroxyl groups is 2. The number of phenols is 2. The molecule has 0 saturated carbocycles. The fourth-order valence-corrected chi connectivity index (χ4v) is 4.55. The highest BCUT2D eigenvalue weighted by Crippen LogP contribution is 2.37. The predicted molar refractivity (Wildman–Crippen MR) is 120 cm³/mol. The average Bonchev–Trinajstić information content (AvgIpc) is 2.52. The van der Waals surface area contributed by atoms with Crippen LogP contribution in [-0.2, 0) is 23.7 Å². The van der Waals surface area contributed by atoms with E-state index in [2.05, 4.69) is 67.5 Å². The third-order valence-corrected chi connectivity index (χ3v) is 5.75. The van der Waals surface area contributed by atoms with E-state index in [1.54, 1.807) is 0 Å². The Kier molecular flexibility index (Phi) is 6.53. The number of phenolic OH excluding ortho intramolecular Hbond substituents is 2. The smallest absolute Gasteiger partial charge is 0.119 e. The van der Waals surface area contributed by atoms with E-state index in [1.807, 2.05) is 12.1 Å². The lowest BCUT2D eigenvalue weighted by molar-refractivity contribution is 0.443. The van der Waals surface area contributed by atoms with Crippen molar-refractivity contribution in [2.45, 2.75) is 91.9 Å². The van der Waals surface area contributed by atoms with Crippen LogP contribution in [0.4, 0.5) is 0 Å². The van der Waals surface area contributed by atoms with Gasteiger partial charge in [0.1, 0.15) is 11.5 Å². The molecule has 0 spiro atoms. The van der Waals surface area contributed by atoms with E-state index < -0.39 is 0 Å². The van der Waals surface area contributed by atoms with E-state index in [4.69, 9.17) is 0 Å². The van der Waals surface area contributed by atoms with Crippen molar-refractivity contribution in [2.24, 2.45) is 0 Å². The molecule has 0 aliphatic carbocycles. The number of unbranched alkanes of at least 4 members (excludes halogenated alkanes) is 1. The van der Waals surface area contributed by atoms with Crippen LogP contribution in [0, 0.1) is 13.8 Å². The van der Waals surface area contributed by atoms with Gasteiger partial charge in [-0.05, 0) is 84.7 Å². The first kappa shape index (κ1) is 22.3. The fraction of sp³-hybridized carbons (Fsp3) is 0.538. The minimum absolute atomic E-state index is 0.0588. The minimum Gasteiger partial charge on any atom is -0.508 e. The quantitative estimate of drug-likeness (QED) is 0.554. The molecule has 2 rings (SSSR count). The Bertz CT molecular complexity index is 761. The highest BCUT2D eigenvalue weighted by Gasteiger charge is 2.23. The third kappa shape index (κ3) is 4.90. The van der Waals surface area contributed by atoms with Crippen LogP contribution in [-0.4, -0.2) is 10.2 Å². The zero-order chi connectivity index (χ0) is 21.3. The highest BCUT2D eigenvalue weighted by atomic mass is 16.3. The summed E-state index contributed by atoms with van der Waals surface area (Å²) in [6, 6.07) is 7.85. The Morgan fingerprint density at radius 3 is 1.21 bits per heavy atom. The fourth-order valence-electron chi connectivity index (χ4n) is 4.55. The lowest BCUT2D eigenvalue weighted by Crippen LogP contribution is -2.15. The molecule has 2 aromatic rings. The van der Waals surface area contributed by atoms with E-state index in [0.29, 0.717) is 11.5 Å². The summed E-state index contributed by atoms with van der Waals surface area (Å²) in [5, 5.41) is 20.6. The molecule has 2 aromatic carbocycles. The molecule has 0 unspecified atom stereocenters. The van der Waals surface area contributed by atoms with Crippen LogP contribution in [0.15, 0.2) is 24.3 Å². The molecule has 0 heterocycles. The summed E-state index contributed by atoms with van der Waals surface area (Å²) in [4.78, 5) is 0. The first-order chi connectivity index (χ1) is 12.8. The standard InChI is InChI=1S/C26H38O2/c1-17-19(13-15-21(27)23(17)25(3,4)5)11-9-10-12-20-14-16-22(28)24(18(20)2)26(6,7)8/h13-16,27-28H,9-12H2,1-8H3. The molecule has 0 aliphatic rings. The number of aryl methyl sites for hydroxylation is 2. The Hall–Kier alpha value is -1.96. The van der Waals surface area contributed by atoms with Crippen molar-refractivity contribution >= 4 is 0 Å². The van der Waals surface area contributed by atoms with Gasteiger partial charge in [0.2, 0.25) is 0 Å². The molecule has 0 atom stereocenters. The van der Waals surface area contributed by atoms with E-state index in [1.165, 1.54) is 22.3 Å². The lowest BCUT2D eigenvalue weighted by Gasteiger charge is -2.25. The molecule has 0 aliphatic heterocycles. The van der Waals surface area contributed by atoms with Gasteiger partial charge in [0.15, 0.2) is 0 Å². The second kappa shape index (κ2) is 8.19. The van der Waals surface area contributed by atoms with Crippen LogP contribution in [0.25, 0.3) is 0 Å². The van der Waals surface area contributed by atoms with Crippen LogP contribution in [0.2, 0.25) is 0 Å². The number of rotatable bonds is 5. The molecule has 0 amide bonds. The maximum atomic E-state index is 10.3. The van der Waals surface area contributed by atoms with Gasteiger partial charge >= 0.3 is 0 Å². The van der Waals surface area contributed by atoms with Gasteiger partial charge in [0, 0.05) is 11.1 Å². The first-order valence-electron chi connectivity index (χ1n) is 10.5. The predicted octanol–water partition coefficient (Wildman–Crippen LogP) is 6.88. The van der Waals surface area contributed by atoms with Crippen LogP contribution in [0.3, 0.4) is 0 Å². The molecule has 2 heteroatoms. The minimum atomic E-state index is -0.0588. The summed E-state index contributed by atoms with van der Waals surface area (Å²) in [7, 11) is 0. The average molecular weight is 383 g/mol. The number of hydrogen-bond donors (Lipinski definition) is 2. The zero-order valence-corrected chi connectivity index (χ0v) is 19.0. The SMILES string of the molecule is Cc1c(CCCCc2ccc(O)c(C(C)(C)C)c2C)ccc(O)c1C(C)(C)C. The molecule has 28 heavy (non-hydrogen) atoms. The molecule has 0 fully saturated rings. The molecule has 2 nitrogen and oxygen atoms in total. The van der Waals surface area contributed by atoms with Crippen molar-refractivity contribution in [2.75, 3.05) is 0 Å². The van der Waals surface area contributed by atoms with Crippen molar-refractivity contribution in [1.29, 1.82) is 0 Å². The van der Waals surface area contributed by atoms with Crippen LogP contribution < -0.4 is 0 Å². The van der Waals surface area contributed by atoms with E-state index in [9.17, 15) is 10.2 Å². The lowest BCUT2D eigenvalue weighted by atomic mass is 9.80. The molecular weight excluding hydrogens is 344 g/mol. The molecule has 0 radical (unpaired) electrons. The van der Waals surface area contributed by atoms with Gasteiger partial charge in [-0.15, -0.1) is 0 Å². The molecular formula is C26H38O2. The van der Waals surface area contributed by atoms with Gasteiger partial charge in [-0.3, -0.25) is 0 Å². The van der Waals surface area contributed by atoms with Crippen LogP contribution in [0.5, 0.6) is 11.5 Å². The summed E-state index contributed by atoms with van der Waals surface area (Å²) in [5.74, 6) is 0.811. The van der Waals surface area contributed by atoms with Crippen LogP contribution >= 0.6 is 0 Å². The Morgan fingerprint density at radius 1 is 0.607 bits per heavy atom. The van der Waals surface area contributed by atoms with Gasteiger partial charge in [-0.2, -0.15) is 0 Å². The second-order valence-electron chi connectivity index (χ2n) is 10.2. The summed E-state index contributed by atoms with van der Waals surface area (Å²) in [6.07, 6.45) is 4.28. The van der Waals surface area contributed by atoms with Crippen molar-refractivity contribution in [1.82, 2.24) is 0 Å². The highest BCUT2D eigenvalue weighted by molar-refractivity contribution is 5.48. The topological polar surface area (TPSA) is 40.5 Å². The second-order valence-corrected chi connectivity index (χ2v) is 10.2. The zero-order valence-electron chi connectivity index (χ0n) is 19.0. The van der Waals surface area contributed by atoms with Crippen molar-refractivity contribution in [3.8, 4) is 11.5 Å². The number of hydrogen-bond acceptors (Lipinski definition) is 2. The molecule has 0 bridgehead atoms. The van der Waals surface area contributed by atoms with E-state index >= 15 is 0 Å². The summed E-state index contributed by atoms with van der Waals surface area (Å²) in [6.45, 7) is 17.2. The maximum Gasteiger partial charge on any atom is 0.119 e. The molecule has 0 saturated heterocycles. The Labute approximate surface area is 171 Å². The summed E-state index contributed by atoms with van der Waals surface area (Å²) >= 11 is 0.